The molecular formula is C36H30N8O4S. The van der Waals surface area contributed by atoms with Gasteiger partial charge < -0.3 is 0 Å². The van der Waals surface area contributed by atoms with E-state index in [4.69, 9.17) is 8.57 Å². The maximum atomic E-state index is 13.0. The molecule has 0 spiro atoms. The number of nitrogens with zero attached hydrogens (tertiary/aromatic N) is 6. The Morgan fingerprint density at radius 3 is 0.959 bits per heavy atom. The Morgan fingerprint density at radius 1 is 0.367 bits per heavy atom. The Balaban J connectivity index is 1.14. The molecule has 0 amide bonds. The smallest absolute Gasteiger partial charge is 0.253 e. The third-order valence-corrected chi connectivity index (χ3v) is 7.34. The molecule has 13 heteroatoms. The van der Waals surface area contributed by atoms with Crippen LogP contribution < -0.4 is 21.2 Å². The molecule has 0 aromatic heterocycles. The quantitative estimate of drug-likeness (QED) is 0.0865. The molecule has 0 saturated carbocycles. The van der Waals surface area contributed by atoms with Gasteiger partial charge in [-0.1, -0.05) is 84.0 Å². The molecule has 0 atom stereocenters. The first-order chi connectivity index (χ1) is 24.0. The average molecular weight is 671 g/mol. The third-order valence-electron chi connectivity index (χ3n) is 6.78. The lowest BCUT2D eigenvalue weighted by Crippen LogP contribution is -2.41. The maximum Gasteiger partial charge on any atom is 0.435 e. The van der Waals surface area contributed by atoms with Crippen LogP contribution in [0.5, 0.6) is 0 Å². The fourth-order valence-electron chi connectivity index (χ4n) is 4.40. The number of azo groups is 2. The summed E-state index contributed by atoms with van der Waals surface area (Å²) in [4.78, 5) is 0. The summed E-state index contributed by atoms with van der Waals surface area (Å²) in [7, 11) is -4.67. The fourth-order valence-corrected chi connectivity index (χ4v) is 4.77. The van der Waals surface area contributed by atoms with Crippen molar-refractivity contribution in [3.8, 4) is 0 Å². The molecule has 12 nitrogen and oxygen atoms in total. The Labute approximate surface area is 283 Å². The predicted molar refractivity (Wildman–Crippen MR) is 189 cm³/mol. The lowest BCUT2D eigenvalue weighted by Gasteiger charge is -2.26. The van der Waals surface area contributed by atoms with Gasteiger partial charge >= 0.3 is 10.4 Å². The number of benzene rings is 6. The van der Waals surface area contributed by atoms with E-state index >= 15 is 0 Å². The second-order valence-electron chi connectivity index (χ2n) is 10.2. The first-order valence-corrected chi connectivity index (χ1v) is 16.3. The van der Waals surface area contributed by atoms with Crippen LogP contribution in [0.1, 0.15) is 0 Å². The molecule has 0 aliphatic carbocycles. The number of anilines is 4. The molecule has 244 valence electrons. The number of para-hydroxylation sites is 2. The molecule has 6 rings (SSSR count). The van der Waals surface area contributed by atoms with Crippen LogP contribution in [0.4, 0.5) is 45.5 Å². The SMILES string of the molecule is O=S(=O)(ONN(c1ccccc1)c1ccc(N=Nc2ccccc2)cc1)ONN(c1ccccc1)c1ccc(N=Nc2ccccc2)cc1. The molecule has 0 aliphatic heterocycles. The molecule has 0 bridgehead atoms. The normalized spacial score (nSPS) is 11.6. The van der Waals surface area contributed by atoms with Gasteiger partial charge in [0.25, 0.3) is 0 Å². The zero-order chi connectivity index (χ0) is 33.7. The van der Waals surface area contributed by atoms with Crippen LogP contribution in [0.25, 0.3) is 0 Å². The highest BCUT2D eigenvalue weighted by Crippen LogP contribution is 2.28. The average Bonchev–Trinajstić information content (AvgIpc) is 3.16. The molecule has 49 heavy (non-hydrogen) atoms. The zero-order valence-electron chi connectivity index (χ0n) is 25.9. The maximum absolute atomic E-state index is 13.0. The van der Waals surface area contributed by atoms with Gasteiger partial charge in [0, 0.05) is 0 Å². The highest BCUT2D eigenvalue weighted by Gasteiger charge is 2.20. The summed E-state index contributed by atoms with van der Waals surface area (Å²) < 4.78 is 36.3. The van der Waals surface area contributed by atoms with Crippen molar-refractivity contribution in [3.05, 3.63) is 170 Å². The summed E-state index contributed by atoms with van der Waals surface area (Å²) in [6, 6.07) is 50.8. The molecular weight excluding hydrogens is 641 g/mol. The van der Waals surface area contributed by atoms with E-state index in [0.717, 1.165) is 11.4 Å². The van der Waals surface area contributed by atoms with Crippen LogP contribution in [-0.4, -0.2) is 8.42 Å². The number of hydrogen-bond donors (Lipinski definition) is 2. The van der Waals surface area contributed by atoms with Gasteiger partial charge in [-0.05, 0) is 97.1 Å². The number of rotatable bonds is 14. The van der Waals surface area contributed by atoms with Crippen molar-refractivity contribution >= 4 is 55.9 Å². The highest BCUT2D eigenvalue weighted by atomic mass is 32.3. The Bertz CT molecular complexity index is 1920. The second kappa shape index (κ2) is 16.1. The van der Waals surface area contributed by atoms with E-state index in [-0.39, 0.29) is 0 Å². The van der Waals surface area contributed by atoms with E-state index in [0.29, 0.717) is 34.1 Å². The van der Waals surface area contributed by atoms with Gasteiger partial charge in [-0.2, -0.15) is 28.9 Å². The summed E-state index contributed by atoms with van der Waals surface area (Å²) in [5.41, 5.74) is 9.95. The van der Waals surface area contributed by atoms with Gasteiger partial charge in [-0.15, -0.1) is 8.57 Å². The highest BCUT2D eigenvalue weighted by molar-refractivity contribution is 7.81. The first kappa shape index (κ1) is 32.8. The topological polar surface area (TPSA) is 133 Å². The summed E-state index contributed by atoms with van der Waals surface area (Å²) in [5.74, 6) is 0. The minimum absolute atomic E-state index is 0.559. The van der Waals surface area contributed by atoms with Gasteiger partial charge in [0.05, 0.1) is 45.5 Å². The summed E-state index contributed by atoms with van der Waals surface area (Å²) in [6.45, 7) is 0. The van der Waals surface area contributed by atoms with Crippen LogP contribution >= 0.6 is 0 Å². The van der Waals surface area contributed by atoms with Crippen LogP contribution in [0.3, 0.4) is 0 Å². The van der Waals surface area contributed by atoms with Crippen molar-refractivity contribution in [2.75, 3.05) is 10.0 Å². The summed E-state index contributed by atoms with van der Waals surface area (Å²) >= 11 is 0. The van der Waals surface area contributed by atoms with Gasteiger partial charge in [0.15, 0.2) is 0 Å². The number of hydrazine groups is 2. The third kappa shape index (κ3) is 9.48. The second-order valence-corrected chi connectivity index (χ2v) is 11.4. The van der Waals surface area contributed by atoms with E-state index in [2.05, 4.69) is 31.6 Å². The van der Waals surface area contributed by atoms with Gasteiger partial charge in [-0.25, -0.2) is 0 Å². The van der Waals surface area contributed by atoms with Crippen LogP contribution in [0, 0.1) is 0 Å². The zero-order valence-corrected chi connectivity index (χ0v) is 26.7. The van der Waals surface area contributed by atoms with Crippen molar-refractivity contribution in [1.82, 2.24) is 11.2 Å². The monoisotopic (exact) mass is 670 g/mol. The molecule has 6 aromatic carbocycles. The van der Waals surface area contributed by atoms with E-state index in [1.807, 2.05) is 97.1 Å². The number of hydrogen-bond acceptors (Lipinski definition) is 12. The van der Waals surface area contributed by atoms with Crippen molar-refractivity contribution in [1.29, 1.82) is 0 Å². The largest absolute Gasteiger partial charge is 0.435 e. The van der Waals surface area contributed by atoms with Gasteiger partial charge in [0.1, 0.15) is 0 Å². The van der Waals surface area contributed by atoms with Crippen LogP contribution in [0.15, 0.2) is 190 Å². The minimum Gasteiger partial charge on any atom is -0.253 e. The lowest BCUT2D eigenvalue weighted by molar-refractivity contribution is 0.112. The van der Waals surface area contributed by atoms with Crippen molar-refractivity contribution in [3.63, 3.8) is 0 Å². The van der Waals surface area contributed by atoms with Crippen molar-refractivity contribution < 1.29 is 17.0 Å². The van der Waals surface area contributed by atoms with Gasteiger partial charge in [0.2, 0.25) is 0 Å². The van der Waals surface area contributed by atoms with E-state index < -0.39 is 10.4 Å². The van der Waals surface area contributed by atoms with Crippen LogP contribution in [-0.2, 0) is 19.0 Å². The Morgan fingerprint density at radius 2 is 0.633 bits per heavy atom. The summed E-state index contributed by atoms with van der Waals surface area (Å²) in [6.07, 6.45) is 0. The van der Waals surface area contributed by atoms with Crippen LogP contribution in [0.2, 0.25) is 0 Å². The predicted octanol–water partition coefficient (Wildman–Crippen LogP) is 9.61. The molecule has 6 aromatic rings. The Kier molecular flexibility index (Phi) is 10.8. The standard InChI is InChI=1S/C36H30N8O4S/c45-49(46,47-41-43(33-17-9-3-10-18-33)35-25-21-31(22-26-35)39-37-29-13-5-1-6-14-29)48-42-44(34-19-11-4-12-20-34)36-27-23-32(24-28-36)40-38-30-15-7-2-8-16-30/h1-28,41-42H. The molecule has 2 N–H and O–H groups in total. The number of nitrogens with one attached hydrogen (secondary N) is 2. The molecule has 0 radical (unpaired) electrons. The van der Waals surface area contributed by atoms with E-state index in [1.54, 1.807) is 72.8 Å². The van der Waals surface area contributed by atoms with Crippen molar-refractivity contribution in [2.24, 2.45) is 20.5 Å². The van der Waals surface area contributed by atoms with Gasteiger partial charge in [-0.3, -0.25) is 10.0 Å². The lowest BCUT2D eigenvalue weighted by atomic mass is 10.2. The molecule has 0 aliphatic rings. The minimum atomic E-state index is -4.67. The molecule has 0 fully saturated rings. The van der Waals surface area contributed by atoms with E-state index in [1.165, 1.54) is 10.0 Å². The molecule has 0 unspecified atom stereocenters. The Hall–Kier alpha value is -6.09. The van der Waals surface area contributed by atoms with E-state index in [9.17, 15) is 8.42 Å². The fraction of sp³-hybridized carbons (Fsp3) is 0. The first-order valence-electron chi connectivity index (χ1n) is 15.0. The molecule has 0 saturated heterocycles. The van der Waals surface area contributed by atoms with Crippen molar-refractivity contribution in [2.45, 2.75) is 0 Å². The summed E-state index contributed by atoms with van der Waals surface area (Å²) in [5, 5.41) is 19.9. The molecule has 0 heterocycles.